The van der Waals surface area contributed by atoms with Crippen molar-refractivity contribution in [2.24, 2.45) is 0 Å². The van der Waals surface area contributed by atoms with E-state index in [4.69, 9.17) is 27.9 Å². The predicted octanol–water partition coefficient (Wildman–Crippen LogP) is 5.05. The Morgan fingerprint density at radius 3 is 2.39 bits per heavy atom. The van der Waals surface area contributed by atoms with Gasteiger partial charge in [0.1, 0.15) is 11.9 Å². The molecule has 3 rings (SSSR count). The van der Waals surface area contributed by atoms with Crippen LogP contribution in [0.1, 0.15) is 17.2 Å². The van der Waals surface area contributed by atoms with Gasteiger partial charge in [-0.25, -0.2) is 0 Å². The zero-order valence-electron chi connectivity index (χ0n) is 9.44. The van der Waals surface area contributed by atoms with Gasteiger partial charge in [0.15, 0.2) is 0 Å². The van der Waals surface area contributed by atoms with Gasteiger partial charge in [-0.2, -0.15) is 0 Å². The Kier molecular flexibility index (Phi) is 3.02. The zero-order chi connectivity index (χ0) is 12.5. The van der Waals surface area contributed by atoms with Crippen LogP contribution in [0.2, 0.25) is 5.02 Å². The van der Waals surface area contributed by atoms with E-state index >= 15 is 0 Å². The Labute approximate surface area is 116 Å². The molecule has 0 aromatic heterocycles. The molecule has 0 fully saturated rings. The fourth-order valence-electron chi connectivity index (χ4n) is 1.98. The van der Waals surface area contributed by atoms with Crippen molar-refractivity contribution in [2.45, 2.75) is 6.10 Å². The Bertz CT molecular complexity index is 602. The number of fused-ring (bicyclic) bond motifs is 1. The fourth-order valence-corrected chi connectivity index (χ4v) is 2.37. The molecule has 0 saturated carbocycles. The lowest BCUT2D eigenvalue weighted by Crippen LogP contribution is -2.10. The summed E-state index contributed by atoms with van der Waals surface area (Å²) < 4.78 is 5.92. The van der Waals surface area contributed by atoms with Crippen molar-refractivity contribution in [1.29, 1.82) is 0 Å². The maximum atomic E-state index is 6.28. The van der Waals surface area contributed by atoms with Crippen molar-refractivity contribution in [3.63, 3.8) is 0 Å². The SMILES string of the molecule is ClC1=CC(c2ccc(Cl)cc2)Oc2ccccc21. The summed E-state index contributed by atoms with van der Waals surface area (Å²) in [5.74, 6) is 0.810. The lowest BCUT2D eigenvalue weighted by molar-refractivity contribution is 0.251. The minimum atomic E-state index is -0.162. The van der Waals surface area contributed by atoms with Crippen LogP contribution in [0.4, 0.5) is 0 Å². The third-order valence-corrected chi connectivity index (χ3v) is 3.48. The van der Waals surface area contributed by atoms with E-state index in [0.29, 0.717) is 5.02 Å². The first kappa shape index (κ1) is 11.6. The Morgan fingerprint density at radius 2 is 1.61 bits per heavy atom. The molecule has 0 radical (unpaired) electrons. The molecule has 0 amide bonds. The molecular formula is C15H10Cl2O. The smallest absolute Gasteiger partial charge is 0.144 e. The van der Waals surface area contributed by atoms with Gasteiger partial charge in [-0.3, -0.25) is 0 Å². The van der Waals surface area contributed by atoms with Gasteiger partial charge in [-0.15, -0.1) is 0 Å². The van der Waals surface area contributed by atoms with Crippen LogP contribution in [-0.4, -0.2) is 0 Å². The second kappa shape index (κ2) is 4.68. The summed E-state index contributed by atoms with van der Waals surface area (Å²) in [6.45, 7) is 0. The van der Waals surface area contributed by atoms with E-state index in [-0.39, 0.29) is 6.10 Å². The summed E-state index contributed by atoms with van der Waals surface area (Å²) in [5.41, 5.74) is 1.97. The third kappa shape index (κ3) is 2.12. The summed E-state index contributed by atoms with van der Waals surface area (Å²) in [7, 11) is 0. The van der Waals surface area contributed by atoms with Crippen molar-refractivity contribution in [2.75, 3.05) is 0 Å². The van der Waals surface area contributed by atoms with E-state index in [9.17, 15) is 0 Å². The van der Waals surface area contributed by atoms with E-state index in [2.05, 4.69) is 0 Å². The molecule has 18 heavy (non-hydrogen) atoms. The van der Waals surface area contributed by atoms with Gasteiger partial charge in [-0.05, 0) is 35.9 Å². The minimum Gasteiger partial charge on any atom is -0.481 e. The van der Waals surface area contributed by atoms with Crippen LogP contribution >= 0.6 is 23.2 Å². The highest BCUT2D eigenvalue weighted by Crippen LogP contribution is 2.38. The van der Waals surface area contributed by atoms with Crippen LogP contribution in [0.5, 0.6) is 5.75 Å². The van der Waals surface area contributed by atoms with Crippen molar-refractivity contribution in [1.82, 2.24) is 0 Å². The van der Waals surface area contributed by atoms with Gasteiger partial charge in [0.2, 0.25) is 0 Å². The monoisotopic (exact) mass is 276 g/mol. The molecule has 1 atom stereocenters. The molecule has 1 aliphatic heterocycles. The number of hydrogen-bond donors (Lipinski definition) is 0. The molecule has 0 spiro atoms. The van der Waals surface area contributed by atoms with E-state index in [1.165, 1.54) is 0 Å². The lowest BCUT2D eigenvalue weighted by atomic mass is 10.0. The van der Waals surface area contributed by atoms with E-state index in [1.807, 2.05) is 54.6 Å². The molecule has 1 aliphatic rings. The van der Waals surface area contributed by atoms with Crippen LogP contribution in [0.25, 0.3) is 5.03 Å². The Morgan fingerprint density at radius 1 is 0.889 bits per heavy atom. The summed E-state index contributed by atoms with van der Waals surface area (Å²) in [6, 6.07) is 15.3. The van der Waals surface area contributed by atoms with Gasteiger partial charge in [0, 0.05) is 10.6 Å². The van der Waals surface area contributed by atoms with E-state index in [0.717, 1.165) is 21.9 Å². The largest absolute Gasteiger partial charge is 0.481 e. The highest BCUT2D eigenvalue weighted by molar-refractivity contribution is 6.49. The highest BCUT2D eigenvalue weighted by Gasteiger charge is 2.20. The van der Waals surface area contributed by atoms with Crippen LogP contribution in [-0.2, 0) is 0 Å². The Hall–Kier alpha value is -1.44. The molecule has 0 bridgehead atoms. The minimum absolute atomic E-state index is 0.162. The van der Waals surface area contributed by atoms with Crippen LogP contribution in [0.15, 0.2) is 54.6 Å². The average Bonchev–Trinajstić information content (AvgIpc) is 2.39. The second-order valence-electron chi connectivity index (χ2n) is 4.10. The zero-order valence-corrected chi connectivity index (χ0v) is 10.9. The number of hydrogen-bond acceptors (Lipinski definition) is 1. The van der Waals surface area contributed by atoms with Crippen LogP contribution in [0, 0.1) is 0 Å². The number of ether oxygens (including phenoxy) is 1. The molecule has 0 N–H and O–H groups in total. The van der Waals surface area contributed by atoms with Gasteiger partial charge in [0.05, 0.1) is 5.03 Å². The summed E-state index contributed by atoms with van der Waals surface area (Å²) in [6.07, 6.45) is 1.75. The first-order chi connectivity index (χ1) is 8.74. The molecule has 2 aromatic rings. The molecule has 90 valence electrons. The summed E-state index contributed by atoms with van der Waals surface area (Å²) in [4.78, 5) is 0. The van der Waals surface area contributed by atoms with Crippen LogP contribution in [0.3, 0.4) is 0 Å². The van der Waals surface area contributed by atoms with Gasteiger partial charge in [-0.1, -0.05) is 47.5 Å². The van der Waals surface area contributed by atoms with Crippen molar-refractivity contribution in [3.05, 3.63) is 70.8 Å². The lowest BCUT2D eigenvalue weighted by Gasteiger charge is -2.23. The topological polar surface area (TPSA) is 9.23 Å². The maximum Gasteiger partial charge on any atom is 0.144 e. The molecule has 0 aliphatic carbocycles. The second-order valence-corrected chi connectivity index (χ2v) is 4.94. The first-order valence-electron chi connectivity index (χ1n) is 5.63. The van der Waals surface area contributed by atoms with Crippen molar-refractivity contribution >= 4 is 28.2 Å². The van der Waals surface area contributed by atoms with Gasteiger partial charge >= 0.3 is 0 Å². The molecule has 1 heterocycles. The highest BCUT2D eigenvalue weighted by atomic mass is 35.5. The van der Waals surface area contributed by atoms with Crippen LogP contribution < -0.4 is 4.74 Å². The average molecular weight is 277 g/mol. The third-order valence-electron chi connectivity index (χ3n) is 2.89. The number of halogens is 2. The van der Waals surface area contributed by atoms with Crippen molar-refractivity contribution in [3.8, 4) is 5.75 Å². The standard InChI is InChI=1S/C15H10Cl2O/c16-11-7-5-10(6-8-11)15-9-13(17)12-3-1-2-4-14(12)18-15/h1-9,15H. The predicted molar refractivity (Wildman–Crippen MR) is 75.1 cm³/mol. The number of benzene rings is 2. The molecule has 0 saturated heterocycles. The van der Waals surface area contributed by atoms with Gasteiger partial charge in [0.25, 0.3) is 0 Å². The Balaban J connectivity index is 1.99. The quantitative estimate of drug-likeness (QED) is 0.708. The fraction of sp³-hybridized carbons (Fsp3) is 0.0667. The number of rotatable bonds is 1. The maximum absolute atomic E-state index is 6.28. The van der Waals surface area contributed by atoms with E-state index in [1.54, 1.807) is 0 Å². The molecule has 3 heteroatoms. The number of para-hydroxylation sites is 1. The molecular weight excluding hydrogens is 267 g/mol. The van der Waals surface area contributed by atoms with Gasteiger partial charge < -0.3 is 4.74 Å². The first-order valence-corrected chi connectivity index (χ1v) is 6.38. The normalized spacial score (nSPS) is 17.7. The summed E-state index contributed by atoms with van der Waals surface area (Å²) >= 11 is 12.2. The van der Waals surface area contributed by atoms with E-state index < -0.39 is 0 Å². The summed E-state index contributed by atoms with van der Waals surface area (Å²) in [5, 5.41) is 1.43. The molecule has 2 aromatic carbocycles. The molecule has 1 nitrogen and oxygen atoms in total. The van der Waals surface area contributed by atoms with Crippen molar-refractivity contribution < 1.29 is 4.74 Å². The molecule has 1 unspecified atom stereocenters.